The van der Waals surface area contributed by atoms with Gasteiger partial charge in [0.1, 0.15) is 23.2 Å². The fraction of sp³-hybridized carbons (Fsp3) is 0.286. The van der Waals surface area contributed by atoms with E-state index in [9.17, 15) is 0 Å². The van der Waals surface area contributed by atoms with Crippen LogP contribution in [0.1, 0.15) is 18.2 Å². The third-order valence-electron chi connectivity index (χ3n) is 2.74. The smallest absolute Gasteiger partial charge is 0.146 e. The Morgan fingerprint density at radius 2 is 2.26 bits per heavy atom. The van der Waals surface area contributed by atoms with Gasteiger partial charge in [0.15, 0.2) is 0 Å². The maximum Gasteiger partial charge on any atom is 0.146 e. The molecule has 98 valence electrons. The van der Waals surface area contributed by atoms with Crippen molar-refractivity contribution in [1.82, 2.24) is 9.78 Å². The molecule has 0 aliphatic carbocycles. The Kier molecular flexibility index (Phi) is 3.71. The highest BCUT2D eigenvalue weighted by molar-refractivity contribution is 5.65. The highest BCUT2D eigenvalue weighted by Crippen LogP contribution is 2.24. The zero-order valence-corrected chi connectivity index (χ0v) is 11.3. The van der Waals surface area contributed by atoms with Gasteiger partial charge in [0.05, 0.1) is 12.3 Å². The van der Waals surface area contributed by atoms with Crippen LogP contribution in [-0.2, 0) is 7.05 Å². The quantitative estimate of drug-likeness (QED) is 0.913. The summed E-state index contributed by atoms with van der Waals surface area (Å²) < 4.78 is 7.12. The molecule has 2 aromatic rings. The van der Waals surface area contributed by atoms with Crippen LogP contribution in [-0.4, -0.2) is 16.4 Å². The average molecular weight is 256 g/mol. The molecule has 0 fully saturated rings. The number of aryl methyl sites for hydroxylation is 2. The van der Waals surface area contributed by atoms with Crippen molar-refractivity contribution in [2.45, 2.75) is 13.8 Å². The van der Waals surface area contributed by atoms with Crippen molar-refractivity contribution < 1.29 is 4.74 Å². The summed E-state index contributed by atoms with van der Waals surface area (Å²) in [6, 6.07) is 9.79. The van der Waals surface area contributed by atoms with Crippen molar-refractivity contribution in [2.75, 3.05) is 11.9 Å². The van der Waals surface area contributed by atoms with Gasteiger partial charge in [-0.05, 0) is 26.0 Å². The Hall–Kier alpha value is -2.48. The van der Waals surface area contributed by atoms with Crippen LogP contribution in [0.2, 0.25) is 0 Å². The molecule has 0 unspecified atom stereocenters. The number of nitrogens with one attached hydrogen (secondary N) is 1. The first-order valence-electron chi connectivity index (χ1n) is 6.09. The molecule has 0 bridgehead atoms. The molecule has 0 saturated carbocycles. The van der Waals surface area contributed by atoms with E-state index in [-0.39, 0.29) is 0 Å². The predicted molar refractivity (Wildman–Crippen MR) is 73.6 cm³/mol. The fourth-order valence-electron chi connectivity index (χ4n) is 1.90. The molecule has 1 heterocycles. The second-order valence-electron chi connectivity index (χ2n) is 4.13. The van der Waals surface area contributed by atoms with Crippen LogP contribution in [0.15, 0.2) is 24.3 Å². The predicted octanol–water partition coefficient (Wildman–Crippen LogP) is 2.74. The molecule has 0 atom stereocenters. The normalized spacial score (nSPS) is 10.0. The first kappa shape index (κ1) is 13.0. The second-order valence-corrected chi connectivity index (χ2v) is 4.13. The van der Waals surface area contributed by atoms with E-state index in [1.165, 1.54) is 0 Å². The number of hydrogen-bond donors (Lipinski definition) is 1. The summed E-state index contributed by atoms with van der Waals surface area (Å²) in [7, 11) is 1.81. The van der Waals surface area contributed by atoms with Crippen molar-refractivity contribution >= 4 is 11.5 Å². The minimum Gasteiger partial charge on any atom is -0.494 e. The average Bonchev–Trinajstić information content (AvgIpc) is 2.65. The van der Waals surface area contributed by atoms with E-state index in [0.717, 1.165) is 11.4 Å². The van der Waals surface area contributed by atoms with Gasteiger partial charge in [-0.1, -0.05) is 6.07 Å². The molecule has 5 nitrogen and oxygen atoms in total. The number of rotatable bonds is 4. The van der Waals surface area contributed by atoms with Crippen molar-refractivity contribution in [3.63, 3.8) is 0 Å². The molecule has 1 aromatic carbocycles. The van der Waals surface area contributed by atoms with E-state index >= 15 is 0 Å². The Labute approximate surface area is 112 Å². The summed E-state index contributed by atoms with van der Waals surface area (Å²) in [6.07, 6.45) is 0. The first-order chi connectivity index (χ1) is 9.15. The molecule has 1 N–H and O–H groups in total. The number of aromatic nitrogens is 2. The van der Waals surface area contributed by atoms with Crippen LogP contribution in [0.3, 0.4) is 0 Å². The van der Waals surface area contributed by atoms with Gasteiger partial charge in [0, 0.05) is 18.8 Å². The van der Waals surface area contributed by atoms with Gasteiger partial charge < -0.3 is 10.1 Å². The molecule has 0 aliphatic heterocycles. The highest BCUT2D eigenvalue weighted by Gasteiger charge is 2.12. The Morgan fingerprint density at radius 3 is 2.95 bits per heavy atom. The SMILES string of the molecule is CCOc1cccc(Nc2c(C#N)c(C)nn2C)c1. The van der Waals surface area contributed by atoms with Gasteiger partial charge in [0.2, 0.25) is 0 Å². The number of nitriles is 1. The van der Waals surface area contributed by atoms with Crippen LogP contribution >= 0.6 is 0 Å². The fourth-order valence-corrected chi connectivity index (χ4v) is 1.90. The van der Waals surface area contributed by atoms with E-state index in [0.29, 0.717) is 23.7 Å². The molecule has 19 heavy (non-hydrogen) atoms. The summed E-state index contributed by atoms with van der Waals surface area (Å²) >= 11 is 0. The standard InChI is InChI=1S/C14H16N4O/c1-4-19-12-7-5-6-11(8-12)16-14-13(9-15)10(2)17-18(14)3/h5-8,16H,4H2,1-3H3. The van der Waals surface area contributed by atoms with Gasteiger partial charge >= 0.3 is 0 Å². The number of hydrogen-bond acceptors (Lipinski definition) is 4. The van der Waals surface area contributed by atoms with E-state index in [4.69, 9.17) is 10.00 Å². The zero-order chi connectivity index (χ0) is 13.8. The summed E-state index contributed by atoms with van der Waals surface area (Å²) in [6.45, 7) is 4.39. The van der Waals surface area contributed by atoms with Crippen molar-refractivity contribution in [2.24, 2.45) is 7.05 Å². The van der Waals surface area contributed by atoms with Crippen LogP contribution in [0.4, 0.5) is 11.5 Å². The maximum absolute atomic E-state index is 9.16. The van der Waals surface area contributed by atoms with Crippen LogP contribution in [0.5, 0.6) is 5.75 Å². The lowest BCUT2D eigenvalue weighted by Crippen LogP contribution is -2.01. The Bertz CT molecular complexity index is 625. The summed E-state index contributed by atoms with van der Waals surface area (Å²) in [5.74, 6) is 1.48. The molecule has 1 aromatic heterocycles. The lowest BCUT2D eigenvalue weighted by Gasteiger charge is -2.09. The van der Waals surface area contributed by atoms with Crippen molar-refractivity contribution in [3.05, 3.63) is 35.5 Å². The largest absolute Gasteiger partial charge is 0.494 e. The first-order valence-corrected chi connectivity index (χ1v) is 6.09. The summed E-state index contributed by atoms with van der Waals surface area (Å²) in [4.78, 5) is 0. The molecule has 0 saturated heterocycles. The zero-order valence-electron chi connectivity index (χ0n) is 11.3. The summed E-state index contributed by atoms with van der Waals surface area (Å²) in [5.41, 5.74) is 2.14. The molecule has 2 rings (SSSR count). The van der Waals surface area contributed by atoms with Crippen molar-refractivity contribution in [3.8, 4) is 11.8 Å². The minimum absolute atomic E-state index is 0.560. The Balaban J connectivity index is 2.31. The highest BCUT2D eigenvalue weighted by atomic mass is 16.5. The van der Waals surface area contributed by atoms with Crippen LogP contribution in [0.25, 0.3) is 0 Å². The topological polar surface area (TPSA) is 62.9 Å². The number of nitrogens with zero attached hydrogens (tertiary/aromatic N) is 3. The van der Waals surface area contributed by atoms with Gasteiger partial charge in [0.25, 0.3) is 0 Å². The molecule has 5 heteroatoms. The van der Waals surface area contributed by atoms with Crippen LogP contribution in [0, 0.1) is 18.3 Å². The van der Waals surface area contributed by atoms with E-state index in [1.54, 1.807) is 4.68 Å². The molecule has 0 aliphatic rings. The minimum atomic E-state index is 0.560. The third kappa shape index (κ3) is 2.68. The molecule has 0 radical (unpaired) electrons. The van der Waals surface area contributed by atoms with E-state index in [2.05, 4.69) is 16.5 Å². The lowest BCUT2D eigenvalue weighted by molar-refractivity contribution is 0.340. The van der Waals surface area contributed by atoms with Gasteiger partial charge in [-0.25, -0.2) is 0 Å². The molecule has 0 amide bonds. The monoisotopic (exact) mass is 256 g/mol. The third-order valence-corrected chi connectivity index (χ3v) is 2.74. The number of benzene rings is 1. The molecule has 0 spiro atoms. The van der Waals surface area contributed by atoms with Gasteiger partial charge in [-0.2, -0.15) is 10.4 Å². The number of anilines is 2. The lowest BCUT2D eigenvalue weighted by atomic mass is 10.2. The van der Waals surface area contributed by atoms with E-state index < -0.39 is 0 Å². The van der Waals surface area contributed by atoms with Crippen molar-refractivity contribution in [1.29, 1.82) is 5.26 Å². The second kappa shape index (κ2) is 5.44. The Morgan fingerprint density at radius 1 is 1.47 bits per heavy atom. The van der Waals surface area contributed by atoms with Gasteiger partial charge in [-0.15, -0.1) is 0 Å². The summed E-state index contributed by atoms with van der Waals surface area (Å²) in [5, 5.41) is 16.6. The maximum atomic E-state index is 9.16. The van der Waals surface area contributed by atoms with E-state index in [1.807, 2.05) is 45.2 Å². The molecular weight excluding hydrogens is 240 g/mol. The molecular formula is C14H16N4O. The number of ether oxygens (including phenoxy) is 1. The van der Waals surface area contributed by atoms with Crippen LogP contribution < -0.4 is 10.1 Å². The van der Waals surface area contributed by atoms with Gasteiger partial charge in [-0.3, -0.25) is 4.68 Å².